The lowest BCUT2D eigenvalue weighted by molar-refractivity contribution is 0.0398. The smallest absolute Gasteiger partial charge is 0.276 e. The molecule has 2 heterocycles. The maximum Gasteiger partial charge on any atom is 0.276 e. The molecule has 0 atom stereocenters. The number of carbonyl (C=O) groups is 1. The molecule has 0 radical (unpaired) electrons. The molecule has 3 rings (SSSR count). The van der Waals surface area contributed by atoms with Crippen LogP contribution in [0, 0.1) is 0 Å². The average Bonchev–Trinajstić information content (AvgIpc) is 2.66. The molecule has 26 heavy (non-hydrogen) atoms. The van der Waals surface area contributed by atoms with E-state index in [1.54, 1.807) is 30.3 Å². The van der Waals surface area contributed by atoms with Crippen LogP contribution >= 0.6 is 23.2 Å². The zero-order valence-electron chi connectivity index (χ0n) is 14.0. The molecule has 7 nitrogen and oxygen atoms in total. The van der Waals surface area contributed by atoms with Crippen molar-refractivity contribution < 1.29 is 9.53 Å². The lowest BCUT2D eigenvalue weighted by Crippen LogP contribution is -2.39. The first-order valence-electron chi connectivity index (χ1n) is 8.26. The summed E-state index contributed by atoms with van der Waals surface area (Å²) < 4.78 is 5.32. The van der Waals surface area contributed by atoms with E-state index in [2.05, 4.69) is 25.7 Å². The monoisotopic (exact) mass is 395 g/mol. The van der Waals surface area contributed by atoms with Gasteiger partial charge in [-0.1, -0.05) is 29.3 Å². The van der Waals surface area contributed by atoms with Crippen LogP contribution in [0.5, 0.6) is 0 Å². The summed E-state index contributed by atoms with van der Waals surface area (Å²) >= 11 is 12.1. The number of hydrogen-bond acceptors (Lipinski definition) is 6. The zero-order valence-corrected chi connectivity index (χ0v) is 15.6. The van der Waals surface area contributed by atoms with Crippen LogP contribution in [0.25, 0.3) is 0 Å². The Kier molecular flexibility index (Phi) is 6.62. The van der Waals surface area contributed by atoms with Crippen molar-refractivity contribution in [1.29, 1.82) is 0 Å². The number of para-hydroxylation sites is 1. The number of halogens is 2. The number of morpholine rings is 1. The van der Waals surface area contributed by atoms with Gasteiger partial charge in [-0.05, 0) is 24.3 Å². The highest BCUT2D eigenvalue weighted by Gasteiger charge is 2.13. The van der Waals surface area contributed by atoms with E-state index in [1.165, 1.54) is 0 Å². The van der Waals surface area contributed by atoms with Crippen LogP contribution in [0.1, 0.15) is 10.5 Å². The number of nitrogens with one attached hydrogen (secondary N) is 2. The molecule has 1 aromatic heterocycles. The number of amides is 1. The van der Waals surface area contributed by atoms with Gasteiger partial charge in [0.25, 0.3) is 5.91 Å². The van der Waals surface area contributed by atoms with E-state index in [-0.39, 0.29) is 5.69 Å². The van der Waals surface area contributed by atoms with Crippen LogP contribution in [0.3, 0.4) is 0 Å². The van der Waals surface area contributed by atoms with Crippen molar-refractivity contribution in [2.75, 3.05) is 50.0 Å². The van der Waals surface area contributed by atoms with Crippen LogP contribution in [0.4, 0.5) is 11.5 Å². The summed E-state index contributed by atoms with van der Waals surface area (Å²) in [6.45, 7) is 5.08. The average molecular weight is 396 g/mol. The highest BCUT2D eigenvalue weighted by molar-refractivity contribution is 6.39. The number of ether oxygens (including phenoxy) is 1. The largest absolute Gasteiger partial charge is 0.379 e. The van der Waals surface area contributed by atoms with Gasteiger partial charge in [0.05, 0.1) is 28.9 Å². The zero-order chi connectivity index (χ0) is 18.4. The summed E-state index contributed by atoms with van der Waals surface area (Å²) in [6, 6.07) is 8.32. The van der Waals surface area contributed by atoms with E-state index in [9.17, 15) is 4.79 Å². The first-order chi connectivity index (χ1) is 12.6. The topological polar surface area (TPSA) is 79.4 Å². The molecule has 2 aromatic rings. The molecule has 9 heteroatoms. The van der Waals surface area contributed by atoms with Crippen LogP contribution in [0.2, 0.25) is 10.0 Å². The molecule has 138 valence electrons. The third-order valence-corrected chi connectivity index (χ3v) is 4.57. The van der Waals surface area contributed by atoms with E-state index in [0.717, 1.165) is 39.4 Å². The number of nitrogens with zero attached hydrogens (tertiary/aromatic N) is 3. The fraction of sp³-hybridized carbons (Fsp3) is 0.353. The minimum absolute atomic E-state index is 0.180. The standard InChI is InChI=1S/C17H19Cl2N5O2/c18-12-2-1-3-13(19)16(12)21-17(25)14-4-5-15(23-22-14)20-6-7-24-8-10-26-11-9-24/h1-5H,6-11H2,(H,20,23)(H,21,25). The second-order valence-electron chi connectivity index (χ2n) is 5.74. The molecule has 0 bridgehead atoms. The summed E-state index contributed by atoms with van der Waals surface area (Å²) in [5, 5.41) is 14.6. The fourth-order valence-electron chi connectivity index (χ4n) is 2.51. The molecule has 1 aliphatic rings. The Hall–Kier alpha value is -1.93. The number of carbonyl (C=O) groups excluding carboxylic acids is 1. The van der Waals surface area contributed by atoms with Gasteiger partial charge in [-0.2, -0.15) is 0 Å². The second kappa shape index (κ2) is 9.14. The van der Waals surface area contributed by atoms with Crippen LogP contribution in [-0.4, -0.2) is 60.4 Å². The van der Waals surface area contributed by atoms with E-state index in [4.69, 9.17) is 27.9 Å². The normalized spacial score (nSPS) is 14.8. The van der Waals surface area contributed by atoms with Crippen LogP contribution in [0.15, 0.2) is 30.3 Å². The highest BCUT2D eigenvalue weighted by atomic mass is 35.5. The van der Waals surface area contributed by atoms with Gasteiger partial charge in [-0.3, -0.25) is 9.69 Å². The lowest BCUT2D eigenvalue weighted by Gasteiger charge is -2.26. The van der Waals surface area contributed by atoms with E-state index < -0.39 is 5.91 Å². The Labute approximate surface area is 161 Å². The maximum absolute atomic E-state index is 12.3. The first kappa shape index (κ1) is 18.8. The SMILES string of the molecule is O=C(Nc1c(Cl)cccc1Cl)c1ccc(NCCN2CCOCC2)nn1. The minimum Gasteiger partial charge on any atom is -0.379 e. The molecule has 1 aliphatic heterocycles. The van der Waals surface area contributed by atoms with Crippen molar-refractivity contribution in [2.24, 2.45) is 0 Å². The number of hydrogen-bond donors (Lipinski definition) is 2. The molecular weight excluding hydrogens is 377 g/mol. The van der Waals surface area contributed by atoms with Gasteiger partial charge >= 0.3 is 0 Å². The first-order valence-corrected chi connectivity index (χ1v) is 9.02. The number of aromatic nitrogens is 2. The Morgan fingerprint density at radius 3 is 2.50 bits per heavy atom. The quantitative estimate of drug-likeness (QED) is 0.782. The summed E-state index contributed by atoms with van der Waals surface area (Å²) in [5.41, 5.74) is 0.537. The second-order valence-corrected chi connectivity index (χ2v) is 6.55. The van der Waals surface area contributed by atoms with Gasteiger partial charge in [0.15, 0.2) is 5.69 Å². The van der Waals surface area contributed by atoms with Crippen molar-refractivity contribution in [3.63, 3.8) is 0 Å². The predicted octanol–water partition coefficient (Wildman–Crippen LogP) is 2.78. The number of anilines is 2. The van der Waals surface area contributed by atoms with Crippen molar-refractivity contribution in [3.8, 4) is 0 Å². The third-order valence-electron chi connectivity index (χ3n) is 3.94. The molecule has 0 spiro atoms. The van der Waals surface area contributed by atoms with Gasteiger partial charge in [0.1, 0.15) is 5.82 Å². The van der Waals surface area contributed by atoms with Crippen molar-refractivity contribution in [2.45, 2.75) is 0 Å². The molecule has 1 saturated heterocycles. The summed E-state index contributed by atoms with van der Waals surface area (Å²) in [6.07, 6.45) is 0. The molecular formula is C17H19Cl2N5O2. The minimum atomic E-state index is -0.424. The van der Waals surface area contributed by atoms with Gasteiger partial charge in [-0.15, -0.1) is 10.2 Å². The Morgan fingerprint density at radius 1 is 1.12 bits per heavy atom. The molecule has 2 N–H and O–H groups in total. The summed E-state index contributed by atoms with van der Waals surface area (Å²) in [7, 11) is 0. The number of rotatable bonds is 6. The van der Waals surface area contributed by atoms with Crippen LogP contribution < -0.4 is 10.6 Å². The predicted molar refractivity (Wildman–Crippen MR) is 102 cm³/mol. The summed E-state index contributed by atoms with van der Waals surface area (Å²) in [5.74, 6) is 0.193. The van der Waals surface area contributed by atoms with Gasteiger partial charge in [0.2, 0.25) is 0 Å². The molecule has 1 amide bonds. The summed E-state index contributed by atoms with van der Waals surface area (Å²) in [4.78, 5) is 14.6. The lowest BCUT2D eigenvalue weighted by atomic mass is 10.3. The van der Waals surface area contributed by atoms with Gasteiger partial charge < -0.3 is 15.4 Å². The highest BCUT2D eigenvalue weighted by Crippen LogP contribution is 2.30. The van der Waals surface area contributed by atoms with Crippen molar-refractivity contribution in [1.82, 2.24) is 15.1 Å². The van der Waals surface area contributed by atoms with Gasteiger partial charge in [0, 0.05) is 26.2 Å². The van der Waals surface area contributed by atoms with E-state index in [0.29, 0.717) is 21.6 Å². The Bertz CT molecular complexity index is 731. The van der Waals surface area contributed by atoms with Crippen molar-refractivity contribution in [3.05, 3.63) is 46.1 Å². The Morgan fingerprint density at radius 2 is 1.85 bits per heavy atom. The van der Waals surface area contributed by atoms with E-state index in [1.807, 2.05) is 0 Å². The van der Waals surface area contributed by atoms with Crippen LogP contribution in [-0.2, 0) is 4.74 Å². The molecule has 1 aromatic carbocycles. The van der Waals surface area contributed by atoms with E-state index >= 15 is 0 Å². The molecule has 0 saturated carbocycles. The Balaban J connectivity index is 1.52. The molecule has 1 fully saturated rings. The van der Waals surface area contributed by atoms with Crippen molar-refractivity contribution >= 4 is 40.6 Å². The maximum atomic E-state index is 12.3. The van der Waals surface area contributed by atoms with Gasteiger partial charge in [-0.25, -0.2) is 0 Å². The fourth-order valence-corrected chi connectivity index (χ4v) is 3.00. The molecule has 0 unspecified atom stereocenters. The third kappa shape index (κ3) is 5.04. The number of benzene rings is 1. The molecule has 0 aliphatic carbocycles.